The zero-order valence-corrected chi connectivity index (χ0v) is 16.1. The maximum absolute atomic E-state index is 12.9. The molecule has 1 heterocycles. The lowest BCUT2D eigenvalue weighted by Crippen LogP contribution is -3.12. The zero-order valence-electron chi connectivity index (χ0n) is 16.1. The van der Waals surface area contributed by atoms with Crippen LogP contribution in [-0.4, -0.2) is 30.9 Å². The number of piperidine rings is 1. The summed E-state index contributed by atoms with van der Waals surface area (Å²) in [6, 6.07) is 19.2. The highest BCUT2D eigenvalue weighted by atomic mass is 16.2. The predicted octanol–water partition coefficient (Wildman–Crippen LogP) is 2.70. The van der Waals surface area contributed by atoms with Gasteiger partial charge in [0, 0.05) is 19.2 Å². The van der Waals surface area contributed by atoms with Crippen molar-refractivity contribution in [2.45, 2.75) is 39.3 Å². The molecule has 1 saturated heterocycles. The number of nitrogens with one attached hydrogen (secondary N) is 1. The number of rotatable bonds is 6. The van der Waals surface area contributed by atoms with Gasteiger partial charge in [-0.2, -0.15) is 0 Å². The number of hydrogen-bond donors (Lipinski definition) is 1. The van der Waals surface area contributed by atoms with E-state index in [0.29, 0.717) is 12.5 Å². The molecule has 26 heavy (non-hydrogen) atoms. The van der Waals surface area contributed by atoms with Crippen molar-refractivity contribution in [3.05, 3.63) is 71.3 Å². The molecule has 0 aromatic heterocycles. The van der Waals surface area contributed by atoms with Gasteiger partial charge in [0.25, 0.3) is 0 Å². The van der Waals surface area contributed by atoms with Crippen LogP contribution >= 0.6 is 0 Å². The summed E-state index contributed by atoms with van der Waals surface area (Å²) in [5.41, 5.74) is 3.96. The molecular weight excluding hydrogens is 320 g/mol. The Morgan fingerprint density at radius 3 is 2.42 bits per heavy atom. The highest BCUT2D eigenvalue weighted by molar-refractivity contribution is 5.78. The number of amides is 1. The van der Waals surface area contributed by atoms with Crippen LogP contribution in [0.2, 0.25) is 0 Å². The number of likely N-dealkylation sites (tertiary alicyclic amines) is 1. The third-order valence-electron chi connectivity index (χ3n) is 5.49. The van der Waals surface area contributed by atoms with Crippen LogP contribution in [0.5, 0.6) is 0 Å². The van der Waals surface area contributed by atoms with Crippen molar-refractivity contribution in [1.82, 2.24) is 4.90 Å². The molecule has 3 heteroatoms. The SMILES string of the molecule is CCc1ccc(C[NH+]2CCC[C@@H](C(=O)N(C)Cc3ccccc3)C2)cc1. The predicted molar refractivity (Wildman–Crippen MR) is 106 cm³/mol. The molecule has 0 saturated carbocycles. The Labute approximate surface area is 157 Å². The minimum absolute atomic E-state index is 0.155. The van der Waals surface area contributed by atoms with Crippen molar-refractivity contribution in [2.24, 2.45) is 5.92 Å². The highest BCUT2D eigenvalue weighted by Gasteiger charge is 2.30. The van der Waals surface area contributed by atoms with Gasteiger partial charge in [0.15, 0.2) is 0 Å². The third kappa shape index (κ3) is 4.95. The average Bonchev–Trinajstić information content (AvgIpc) is 2.69. The number of carbonyl (C=O) groups excluding carboxylic acids is 1. The minimum Gasteiger partial charge on any atom is -0.341 e. The van der Waals surface area contributed by atoms with Gasteiger partial charge in [0.05, 0.1) is 19.0 Å². The largest absolute Gasteiger partial charge is 0.341 e. The fraction of sp³-hybridized carbons (Fsp3) is 0.435. The van der Waals surface area contributed by atoms with E-state index in [1.165, 1.54) is 28.1 Å². The van der Waals surface area contributed by atoms with Gasteiger partial charge in [-0.25, -0.2) is 0 Å². The molecule has 2 aromatic carbocycles. The van der Waals surface area contributed by atoms with Crippen molar-refractivity contribution < 1.29 is 9.69 Å². The van der Waals surface area contributed by atoms with Gasteiger partial charge in [-0.3, -0.25) is 4.79 Å². The number of aryl methyl sites for hydroxylation is 1. The van der Waals surface area contributed by atoms with Crippen LogP contribution in [0, 0.1) is 5.92 Å². The van der Waals surface area contributed by atoms with Crippen LogP contribution in [0.1, 0.15) is 36.5 Å². The van der Waals surface area contributed by atoms with Crippen LogP contribution in [0.15, 0.2) is 54.6 Å². The van der Waals surface area contributed by atoms with Gasteiger partial charge in [-0.15, -0.1) is 0 Å². The van der Waals surface area contributed by atoms with Crippen LogP contribution < -0.4 is 4.90 Å². The lowest BCUT2D eigenvalue weighted by Gasteiger charge is -2.31. The summed E-state index contributed by atoms with van der Waals surface area (Å²) < 4.78 is 0. The summed E-state index contributed by atoms with van der Waals surface area (Å²) in [7, 11) is 1.94. The van der Waals surface area contributed by atoms with Crippen LogP contribution in [-0.2, 0) is 24.3 Å². The van der Waals surface area contributed by atoms with Crippen molar-refractivity contribution in [1.29, 1.82) is 0 Å². The Bertz CT molecular complexity index is 696. The molecule has 0 spiro atoms. The number of hydrogen-bond acceptors (Lipinski definition) is 1. The van der Waals surface area contributed by atoms with E-state index in [1.54, 1.807) is 0 Å². The van der Waals surface area contributed by atoms with Gasteiger partial charge in [-0.05, 0) is 30.4 Å². The fourth-order valence-electron chi connectivity index (χ4n) is 3.95. The summed E-state index contributed by atoms with van der Waals surface area (Å²) in [6.45, 7) is 6.03. The number of benzene rings is 2. The first-order valence-electron chi connectivity index (χ1n) is 9.86. The monoisotopic (exact) mass is 351 g/mol. The zero-order chi connectivity index (χ0) is 18.4. The molecule has 3 nitrogen and oxygen atoms in total. The molecule has 1 aliphatic rings. The van der Waals surface area contributed by atoms with Crippen molar-refractivity contribution in [3.63, 3.8) is 0 Å². The lowest BCUT2D eigenvalue weighted by molar-refractivity contribution is -0.921. The highest BCUT2D eigenvalue weighted by Crippen LogP contribution is 2.14. The number of quaternary nitrogens is 1. The standard InChI is InChI=1S/C23H30N2O/c1-3-19-11-13-21(14-12-19)17-25-15-7-10-22(18-25)23(26)24(2)16-20-8-5-4-6-9-20/h4-6,8-9,11-14,22H,3,7,10,15-18H2,1-2H3/p+1/t22-/m1/s1. The van der Waals surface area contributed by atoms with E-state index in [0.717, 1.165) is 32.4 Å². The molecule has 0 aliphatic carbocycles. The fourth-order valence-corrected chi connectivity index (χ4v) is 3.95. The first kappa shape index (κ1) is 18.7. The van der Waals surface area contributed by atoms with Gasteiger partial charge >= 0.3 is 0 Å². The Hall–Kier alpha value is -2.13. The summed E-state index contributed by atoms with van der Waals surface area (Å²) in [5.74, 6) is 0.453. The second-order valence-corrected chi connectivity index (χ2v) is 7.57. The first-order valence-corrected chi connectivity index (χ1v) is 9.86. The Kier molecular flexibility index (Phi) is 6.45. The van der Waals surface area contributed by atoms with Crippen molar-refractivity contribution in [3.8, 4) is 0 Å². The molecule has 2 atom stereocenters. The topological polar surface area (TPSA) is 24.8 Å². The summed E-state index contributed by atoms with van der Waals surface area (Å²) in [6.07, 6.45) is 3.25. The van der Waals surface area contributed by atoms with Crippen LogP contribution in [0.4, 0.5) is 0 Å². The van der Waals surface area contributed by atoms with E-state index >= 15 is 0 Å². The Morgan fingerprint density at radius 2 is 1.73 bits per heavy atom. The van der Waals surface area contributed by atoms with E-state index < -0.39 is 0 Å². The van der Waals surface area contributed by atoms with Crippen molar-refractivity contribution >= 4 is 5.91 Å². The molecule has 1 fully saturated rings. The van der Waals surface area contributed by atoms with Gasteiger partial charge in [0.1, 0.15) is 6.54 Å². The number of carbonyl (C=O) groups is 1. The van der Waals surface area contributed by atoms with Crippen molar-refractivity contribution in [2.75, 3.05) is 20.1 Å². The van der Waals surface area contributed by atoms with Crippen LogP contribution in [0.3, 0.4) is 0 Å². The molecule has 138 valence electrons. The lowest BCUT2D eigenvalue weighted by atomic mass is 9.96. The Morgan fingerprint density at radius 1 is 1.04 bits per heavy atom. The second-order valence-electron chi connectivity index (χ2n) is 7.57. The minimum atomic E-state index is 0.155. The third-order valence-corrected chi connectivity index (χ3v) is 5.49. The molecule has 3 rings (SSSR count). The van der Waals surface area contributed by atoms with E-state index in [1.807, 2.05) is 30.1 Å². The quantitative estimate of drug-likeness (QED) is 0.850. The molecule has 1 unspecified atom stereocenters. The maximum Gasteiger partial charge on any atom is 0.231 e. The maximum atomic E-state index is 12.9. The number of nitrogens with zero attached hydrogens (tertiary/aromatic N) is 1. The van der Waals surface area contributed by atoms with E-state index in [9.17, 15) is 4.79 Å². The molecular formula is C23H31N2O+. The first-order chi connectivity index (χ1) is 12.7. The van der Waals surface area contributed by atoms with E-state index in [4.69, 9.17) is 0 Å². The summed E-state index contributed by atoms with van der Waals surface area (Å²) >= 11 is 0. The summed E-state index contributed by atoms with van der Waals surface area (Å²) in [5, 5.41) is 0. The molecule has 1 aliphatic heterocycles. The molecule has 2 aromatic rings. The normalized spacial score (nSPS) is 19.9. The Balaban J connectivity index is 1.55. The van der Waals surface area contributed by atoms with Crippen LogP contribution in [0.25, 0.3) is 0 Å². The molecule has 0 bridgehead atoms. The van der Waals surface area contributed by atoms with E-state index in [2.05, 4.69) is 43.3 Å². The van der Waals surface area contributed by atoms with Gasteiger partial charge < -0.3 is 9.80 Å². The summed E-state index contributed by atoms with van der Waals surface area (Å²) in [4.78, 5) is 16.3. The van der Waals surface area contributed by atoms with Gasteiger partial charge in [0.2, 0.25) is 5.91 Å². The molecule has 1 amide bonds. The smallest absolute Gasteiger partial charge is 0.231 e. The molecule has 0 radical (unpaired) electrons. The van der Waals surface area contributed by atoms with E-state index in [-0.39, 0.29) is 5.92 Å². The second kappa shape index (κ2) is 9.00. The molecule has 1 N–H and O–H groups in total. The van der Waals surface area contributed by atoms with Gasteiger partial charge in [-0.1, -0.05) is 61.5 Å². The average molecular weight is 352 g/mol.